The molecule has 5 rings (SSSR count). The highest BCUT2D eigenvalue weighted by molar-refractivity contribution is 5.82. The van der Waals surface area contributed by atoms with Crippen LogP contribution < -0.4 is 0 Å². The van der Waals surface area contributed by atoms with Gasteiger partial charge in [0.25, 0.3) is 0 Å². The van der Waals surface area contributed by atoms with Gasteiger partial charge in [-0.05, 0) is 41.7 Å². The van der Waals surface area contributed by atoms with E-state index in [1.807, 2.05) is 12.1 Å². The summed E-state index contributed by atoms with van der Waals surface area (Å²) in [5.41, 5.74) is 3.37. The molecule has 2 heterocycles. The number of rotatable bonds is 3. The molecule has 3 fully saturated rings. The molecule has 0 aromatic heterocycles. The van der Waals surface area contributed by atoms with E-state index >= 15 is 0 Å². The average molecular weight is 302 g/mol. The molecule has 5 atom stereocenters. The highest BCUT2D eigenvalue weighted by Crippen LogP contribution is 2.66. The van der Waals surface area contributed by atoms with Crippen molar-refractivity contribution in [2.45, 2.75) is 30.7 Å². The molecule has 2 aliphatic heterocycles. The van der Waals surface area contributed by atoms with Crippen molar-refractivity contribution in [2.24, 2.45) is 11.8 Å². The summed E-state index contributed by atoms with van der Waals surface area (Å²) in [7, 11) is 1.78. The van der Waals surface area contributed by atoms with E-state index in [-0.39, 0.29) is 23.6 Å². The Bertz CT molecular complexity index is 641. The minimum absolute atomic E-state index is 0.161. The lowest BCUT2D eigenvalue weighted by Crippen LogP contribution is -2.43. The van der Waals surface area contributed by atoms with E-state index < -0.39 is 0 Å². The van der Waals surface area contributed by atoms with Crippen molar-refractivity contribution in [3.8, 4) is 0 Å². The van der Waals surface area contributed by atoms with Gasteiger partial charge < -0.3 is 14.2 Å². The fraction of sp³-hybridized carbons (Fsp3) is 0.556. The summed E-state index contributed by atoms with van der Waals surface area (Å²) in [6.45, 7) is 1.62. The Morgan fingerprint density at radius 2 is 1.91 bits per heavy atom. The molecular formula is C18H19FO3. The third kappa shape index (κ3) is 1.46. The average Bonchev–Trinajstić information content (AvgIpc) is 2.91. The van der Waals surface area contributed by atoms with Gasteiger partial charge in [0.1, 0.15) is 11.4 Å². The first-order chi connectivity index (χ1) is 10.8. The predicted octanol–water partition coefficient (Wildman–Crippen LogP) is 2.80. The molecular weight excluding hydrogens is 283 g/mol. The summed E-state index contributed by atoms with van der Waals surface area (Å²) in [5, 5.41) is 0. The molecule has 0 spiro atoms. The van der Waals surface area contributed by atoms with Gasteiger partial charge in [-0.1, -0.05) is 12.1 Å². The minimum Gasteiger partial charge on any atom is -0.374 e. The van der Waals surface area contributed by atoms with Crippen LogP contribution in [0.3, 0.4) is 0 Å². The van der Waals surface area contributed by atoms with Crippen molar-refractivity contribution in [1.29, 1.82) is 0 Å². The van der Waals surface area contributed by atoms with E-state index in [2.05, 4.69) is 0 Å². The quantitative estimate of drug-likeness (QED) is 0.859. The zero-order valence-corrected chi connectivity index (χ0v) is 12.5. The number of fused-ring (bicyclic) bond motifs is 2. The van der Waals surface area contributed by atoms with Crippen molar-refractivity contribution in [2.75, 3.05) is 20.3 Å². The highest BCUT2D eigenvalue weighted by atomic mass is 19.1. The molecule has 2 aliphatic carbocycles. The zero-order valence-electron chi connectivity index (χ0n) is 12.5. The topological polar surface area (TPSA) is 27.7 Å². The molecule has 0 radical (unpaired) electrons. The van der Waals surface area contributed by atoms with E-state index in [1.165, 1.54) is 23.3 Å². The van der Waals surface area contributed by atoms with Gasteiger partial charge in [0.2, 0.25) is 0 Å². The lowest BCUT2D eigenvalue weighted by molar-refractivity contribution is -0.00952. The Labute approximate surface area is 129 Å². The SMILES string of the molecule is CO[C@]1(C2=C(c3ccc(F)cc3)[C@@H]3CCO[C@H]23)[C@@H]2OCC[C@@H]21. The van der Waals surface area contributed by atoms with Crippen LogP contribution in [0.2, 0.25) is 0 Å². The maximum absolute atomic E-state index is 13.3. The molecule has 0 N–H and O–H groups in total. The standard InChI is InChI=1S/C18H19FO3/c1-20-18(13-7-9-22-17(13)18)15-14(12-6-8-21-16(12)15)10-2-4-11(19)5-3-10/h2-5,12-13,16-17H,6-9H2,1H3/t12-,13-,16-,17+,18+/m0/s1. The van der Waals surface area contributed by atoms with Gasteiger partial charge in [0, 0.05) is 32.2 Å². The van der Waals surface area contributed by atoms with Crippen LogP contribution in [-0.4, -0.2) is 38.1 Å². The lowest BCUT2D eigenvalue weighted by Gasteiger charge is -2.42. The summed E-state index contributed by atoms with van der Waals surface area (Å²) in [6, 6.07) is 6.82. The largest absolute Gasteiger partial charge is 0.374 e. The predicted molar refractivity (Wildman–Crippen MR) is 78.8 cm³/mol. The van der Waals surface area contributed by atoms with Crippen LogP contribution in [0.5, 0.6) is 0 Å². The van der Waals surface area contributed by atoms with Gasteiger partial charge in [0.05, 0.1) is 12.2 Å². The number of hydrogen-bond donors (Lipinski definition) is 0. The summed E-state index contributed by atoms with van der Waals surface area (Å²) in [4.78, 5) is 0. The van der Waals surface area contributed by atoms with Crippen LogP contribution in [-0.2, 0) is 14.2 Å². The molecule has 1 aromatic carbocycles. The number of ether oxygens (including phenoxy) is 3. The van der Waals surface area contributed by atoms with E-state index in [1.54, 1.807) is 7.11 Å². The Hall–Kier alpha value is -1.23. The first-order valence-electron chi connectivity index (χ1n) is 8.06. The van der Waals surface area contributed by atoms with Gasteiger partial charge in [-0.2, -0.15) is 0 Å². The fourth-order valence-electron chi connectivity index (χ4n) is 4.92. The molecule has 4 heteroatoms. The number of halogens is 1. The van der Waals surface area contributed by atoms with Crippen molar-refractivity contribution in [1.82, 2.24) is 0 Å². The second kappa shape index (κ2) is 4.40. The Morgan fingerprint density at radius 3 is 2.59 bits per heavy atom. The lowest BCUT2D eigenvalue weighted by atomic mass is 9.68. The number of hydrogen-bond acceptors (Lipinski definition) is 3. The molecule has 0 bridgehead atoms. The second-order valence-corrected chi connectivity index (χ2v) is 6.70. The van der Waals surface area contributed by atoms with Crippen LogP contribution >= 0.6 is 0 Å². The van der Waals surface area contributed by atoms with Gasteiger partial charge in [-0.25, -0.2) is 4.39 Å². The first kappa shape index (κ1) is 13.2. The molecule has 0 amide bonds. The van der Waals surface area contributed by atoms with E-state index in [4.69, 9.17) is 14.2 Å². The minimum atomic E-state index is -0.298. The Kier molecular flexibility index (Phi) is 2.65. The summed E-state index contributed by atoms with van der Waals surface area (Å²) in [6.07, 6.45) is 2.43. The van der Waals surface area contributed by atoms with Crippen LogP contribution in [0.15, 0.2) is 29.8 Å². The Morgan fingerprint density at radius 1 is 1.14 bits per heavy atom. The van der Waals surface area contributed by atoms with Crippen LogP contribution in [0.1, 0.15) is 18.4 Å². The summed E-state index contributed by atoms with van der Waals surface area (Å²) < 4.78 is 31.1. The third-order valence-corrected chi connectivity index (χ3v) is 5.91. The van der Waals surface area contributed by atoms with Gasteiger partial charge >= 0.3 is 0 Å². The zero-order chi connectivity index (χ0) is 14.9. The van der Waals surface area contributed by atoms with E-state index in [0.29, 0.717) is 11.8 Å². The smallest absolute Gasteiger partial charge is 0.124 e. The molecule has 22 heavy (non-hydrogen) atoms. The Balaban J connectivity index is 1.62. The van der Waals surface area contributed by atoms with Gasteiger partial charge in [-0.15, -0.1) is 0 Å². The van der Waals surface area contributed by atoms with Crippen molar-refractivity contribution in [3.05, 3.63) is 41.2 Å². The molecule has 4 aliphatic rings. The molecule has 2 saturated heterocycles. The first-order valence-corrected chi connectivity index (χ1v) is 8.06. The molecule has 0 unspecified atom stereocenters. The molecule has 116 valence electrons. The number of benzene rings is 1. The fourth-order valence-corrected chi connectivity index (χ4v) is 4.92. The maximum Gasteiger partial charge on any atom is 0.124 e. The summed E-state index contributed by atoms with van der Waals surface area (Å²) in [5.74, 6) is 0.680. The molecule has 1 aromatic rings. The third-order valence-electron chi connectivity index (χ3n) is 5.91. The van der Waals surface area contributed by atoms with Gasteiger partial charge in [0.15, 0.2) is 0 Å². The van der Waals surface area contributed by atoms with Crippen molar-refractivity contribution >= 4 is 5.57 Å². The van der Waals surface area contributed by atoms with Gasteiger partial charge in [-0.3, -0.25) is 0 Å². The van der Waals surface area contributed by atoms with Crippen LogP contribution in [0.4, 0.5) is 4.39 Å². The van der Waals surface area contributed by atoms with E-state index in [9.17, 15) is 4.39 Å². The summed E-state index contributed by atoms with van der Waals surface area (Å²) >= 11 is 0. The second-order valence-electron chi connectivity index (χ2n) is 6.70. The van der Waals surface area contributed by atoms with Crippen molar-refractivity contribution < 1.29 is 18.6 Å². The van der Waals surface area contributed by atoms with Crippen LogP contribution in [0.25, 0.3) is 5.57 Å². The van der Waals surface area contributed by atoms with E-state index in [0.717, 1.165) is 31.6 Å². The number of methoxy groups -OCH3 is 1. The monoisotopic (exact) mass is 302 g/mol. The normalized spacial score (nSPS) is 42.1. The van der Waals surface area contributed by atoms with Crippen molar-refractivity contribution in [3.63, 3.8) is 0 Å². The maximum atomic E-state index is 13.3. The molecule has 1 saturated carbocycles. The highest BCUT2D eigenvalue weighted by Gasteiger charge is 2.75. The van der Waals surface area contributed by atoms with Crippen LogP contribution in [0, 0.1) is 17.7 Å². The molecule has 3 nitrogen and oxygen atoms in total.